The Morgan fingerprint density at radius 3 is 2.62 bits per heavy atom. The molecule has 3 rings (SSSR count). The van der Waals surface area contributed by atoms with Crippen molar-refractivity contribution in [1.29, 1.82) is 0 Å². The summed E-state index contributed by atoms with van der Waals surface area (Å²) in [6, 6.07) is 6.53. The van der Waals surface area contributed by atoms with Gasteiger partial charge in [0.1, 0.15) is 5.82 Å². The maximum absolute atomic E-state index is 13.2. The summed E-state index contributed by atoms with van der Waals surface area (Å²) in [5, 5.41) is 0. The van der Waals surface area contributed by atoms with Crippen LogP contribution in [0.15, 0.2) is 24.3 Å². The highest BCUT2D eigenvalue weighted by Gasteiger charge is 2.24. The van der Waals surface area contributed by atoms with Crippen LogP contribution in [0.2, 0.25) is 0 Å². The molecule has 0 radical (unpaired) electrons. The second-order valence-corrected chi connectivity index (χ2v) is 6.87. The summed E-state index contributed by atoms with van der Waals surface area (Å²) in [6.07, 6.45) is 3.26. The third-order valence-corrected chi connectivity index (χ3v) is 5.10. The second-order valence-electron chi connectivity index (χ2n) is 6.87. The minimum atomic E-state index is -0.233. The molecular weight excluding hydrogens is 307 g/mol. The highest BCUT2D eigenvalue weighted by molar-refractivity contribution is 5.76. The molecule has 2 aliphatic rings. The number of amides is 1. The minimum Gasteiger partial charge on any atom is -0.379 e. The van der Waals surface area contributed by atoms with Crippen LogP contribution in [-0.4, -0.2) is 61.6 Å². The molecule has 4 nitrogen and oxygen atoms in total. The van der Waals surface area contributed by atoms with Gasteiger partial charge in [-0.05, 0) is 42.9 Å². The lowest BCUT2D eigenvalue weighted by molar-refractivity contribution is -0.132. The maximum Gasteiger partial charge on any atom is 0.222 e. The number of carbonyl (C=O) groups is 1. The second kappa shape index (κ2) is 8.58. The smallest absolute Gasteiger partial charge is 0.222 e. The third kappa shape index (κ3) is 5.02. The van der Waals surface area contributed by atoms with Gasteiger partial charge in [-0.15, -0.1) is 0 Å². The predicted octanol–water partition coefficient (Wildman–Crippen LogP) is 2.33. The molecule has 132 valence electrons. The minimum absolute atomic E-state index is 0.198. The van der Waals surface area contributed by atoms with Gasteiger partial charge >= 0.3 is 0 Å². The number of hydrogen-bond donors (Lipinski definition) is 0. The van der Waals surface area contributed by atoms with Crippen LogP contribution in [0, 0.1) is 11.7 Å². The van der Waals surface area contributed by atoms with Crippen LogP contribution in [0.5, 0.6) is 0 Å². The maximum atomic E-state index is 13.2. The number of nitrogens with zero attached hydrogens (tertiary/aromatic N) is 2. The fourth-order valence-corrected chi connectivity index (χ4v) is 3.62. The van der Waals surface area contributed by atoms with Gasteiger partial charge in [-0.3, -0.25) is 9.69 Å². The zero-order valence-corrected chi connectivity index (χ0v) is 14.3. The van der Waals surface area contributed by atoms with Crippen molar-refractivity contribution in [2.24, 2.45) is 5.92 Å². The van der Waals surface area contributed by atoms with E-state index in [4.69, 9.17) is 4.74 Å². The molecule has 2 heterocycles. The fourth-order valence-electron chi connectivity index (χ4n) is 3.62. The van der Waals surface area contributed by atoms with Gasteiger partial charge in [-0.1, -0.05) is 12.1 Å². The highest BCUT2D eigenvalue weighted by Crippen LogP contribution is 2.20. The molecule has 0 aliphatic carbocycles. The summed E-state index contributed by atoms with van der Waals surface area (Å²) in [7, 11) is 0. The van der Waals surface area contributed by atoms with Gasteiger partial charge < -0.3 is 9.64 Å². The normalized spacial score (nSPS) is 20.3. The van der Waals surface area contributed by atoms with Crippen molar-refractivity contribution in [2.45, 2.75) is 25.7 Å². The lowest BCUT2D eigenvalue weighted by atomic mass is 9.95. The van der Waals surface area contributed by atoms with E-state index in [0.29, 0.717) is 18.8 Å². The fraction of sp³-hybridized carbons (Fsp3) is 0.632. The molecule has 0 unspecified atom stereocenters. The van der Waals surface area contributed by atoms with E-state index in [0.717, 1.165) is 64.3 Å². The Hall–Kier alpha value is -1.46. The molecule has 1 aromatic rings. The quantitative estimate of drug-likeness (QED) is 0.828. The standard InChI is InChI=1S/C19H27FN2O2/c20-18-3-1-2-16(14-18)4-5-19(23)22-8-6-17(7-9-22)15-21-10-12-24-13-11-21/h1-3,14,17H,4-13,15H2. The molecule has 0 aromatic heterocycles. The summed E-state index contributed by atoms with van der Waals surface area (Å²) in [6.45, 7) is 6.61. The first kappa shape index (κ1) is 17.4. The molecular formula is C19H27FN2O2. The number of aryl methyl sites for hydroxylation is 1. The van der Waals surface area contributed by atoms with Crippen molar-refractivity contribution in [3.63, 3.8) is 0 Å². The summed E-state index contributed by atoms with van der Waals surface area (Å²) < 4.78 is 18.6. The van der Waals surface area contributed by atoms with Gasteiger partial charge in [0, 0.05) is 39.1 Å². The van der Waals surface area contributed by atoms with Crippen LogP contribution in [0.1, 0.15) is 24.8 Å². The zero-order valence-electron chi connectivity index (χ0n) is 14.3. The van der Waals surface area contributed by atoms with Gasteiger partial charge in [0.25, 0.3) is 0 Å². The summed E-state index contributed by atoms with van der Waals surface area (Å²) >= 11 is 0. The lowest BCUT2D eigenvalue weighted by Gasteiger charge is -2.36. The number of carbonyl (C=O) groups excluding carboxylic acids is 1. The molecule has 1 aromatic carbocycles. The van der Waals surface area contributed by atoms with Gasteiger partial charge in [-0.2, -0.15) is 0 Å². The summed E-state index contributed by atoms with van der Waals surface area (Å²) in [5.74, 6) is 0.656. The molecule has 0 atom stereocenters. The average Bonchev–Trinajstić information content (AvgIpc) is 2.61. The topological polar surface area (TPSA) is 32.8 Å². The Morgan fingerprint density at radius 2 is 1.92 bits per heavy atom. The monoisotopic (exact) mass is 334 g/mol. The number of halogens is 1. The summed E-state index contributed by atoms with van der Waals surface area (Å²) in [4.78, 5) is 16.8. The first-order chi connectivity index (χ1) is 11.7. The molecule has 5 heteroatoms. The van der Waals surface area contributed by atoms with E-state index in [-0.39, 0.29) is 11.7 Å². The predicted molar refractivity (Wildman–Crippen MR) is 91.3 cm³/mol. The van der Waals surface area contributed by atoms with E-state index >= 15 is 0 Å². The number of hydrogen-bond acceptors (Lipinski definition) is 3. The van der Waals surface area contributed by atoms with E-state index in [1.807, 2.05) is 11.0 Å². The SMILES string of the molecule is O=C(CCc1cccc(F)c1)N1CCC(CN2CCOCC2)CC1. The Kier molecular flexibility index (Phi) is 6.21. The van der Waals surface area contributed by atoms with Crippen molar-refractivity contribution in [2.75, 3.05) is 45.9 Å². The molecule has 2 saturated heterocycles. The molecule has 0 N–H and O–H groups in total. The largest absolute Gasteiger partial charge is 0.379 e. The molecule has 0 saturated carbocycles. The van der Waals surface area contributed by atoms with Crippen molar-refractivity contribution < 1.29 is 13.9 Å². The molecule has 24 heavy (non-hydrogen) atoms. The lowest BCUT2D eigenvalue weighted by Crippen LogP contribution is -2.44. The Morgan fingerprint density at radius 1 is 1.17 bits per heavy atom. The van der Waals surface area contributed by atoms with Crippen LogP contribution >= 0.6 is 0 Å². The highest BCUT2D eigenvalue weighted by atomic mass is 19.1. The number of ether oxygens (including phenoxy) is 1. The van der Waals surface area contributed by atoms with Crippen LogP contribution in [0.4, 0.5) is 4.39 Å². The van der Waals surface area contributed by atoms with Crippen molar-refractivity contribution in [3.05, 3.63) is 35.6 Å². The number of rotatable bonds is 5. The first-order valence-corrected chi connectivity index (χ1v) is 9.03. The van der Waals surface area contributed by atoms with Crippen molar-refractivity contribution >= 4 is 5.91 Å². The van der Waals surface area contributed by atoms with E-state index in [9.17, 15) is 9.18 Å². The van der Waals surface area contributed by atoms with Gasteiger partial charge in [0.15, 0.2) is 0 Å². The molecule has 2 fully saturated rings. The molecule has 0 spiro atoms. The Labute approximate surface area is 143 Å². The van der Waals surface area contributed by atoms with Crippen molar-refractivity contribution in [1.82, 2.24) is 9.80 Å². The first-order valence-electron chi connectivity index (χ1n) is 9.03. The molecule has 0 bridgehead atoms. The summed E-state index contributed by atoms with van der Waals surface area (Å²) in [5.41, 5.74) is 0.894. The van der Waals surface area contributed by atoms with Crippen LogP contribution in [-0.2, 0) is 16.0 Å². The van der Waals surface area contributed by atoms with Crippen LogP contribution < -0.4 is 0 Å². The Bertz CT molecular complexity index is 538. The van der Waals surface area contributed by atoms with Gasteiger partial charge in [0.05, 0.1) is 13.2 Å². The van der Waals surface area contributed by atoms with E-state index < -0.39 is 0 Å². The Balaban J connectivity index is 1.38. The van der Waals surface area contributed by atoms with E-state index in [1.54, 1.807) is 6.07 Å². The molecule has 2 aliphatic heterocycles. The van der Waals surface area contributed by atoms with Crippen molar-refractivity contribution in [3.8, 4) is 0 Å². The number of benzene rings is 1. The average molecular weight is 334 g/mol. The van der Waals surface area contributed by atoms with E-state index in [1.165, 1.54) is 12.1 Å². The number of morpholine rings is 1. The molecule has 1 amide bonds. The van der Waals surface area contributed by atoms with Gasteiger partial charge in [-0.25, -0.2) is 4.39 Å². The van der Waals surface area contributed by atoms with Crippen LogP contribution in [0.3, 0.4) is 0 Å². The zero-order chi connectivity index (χ0) is 16.8. The number of likely N-dealkylation sites (tertiary alicyclic amines) is 1. The third-order valence-electron chi connectivity index (χ3n) is 5.10. The van der Waals surface area contributed by atoms with Gasteiger partial charge in [0.2, 0.25) is 5.91 Å². The van der Waals surface area contributed by atoms with E-state index in [2.05, 4.69) is 4.90 Å². The van der Waals surface area contributed by atoms with Crippen LogP contribution in [0.25, 0.3) is 0 Å². The number of piperidine rings is 1.